The molecule has 7 nitrogen and oxygen atoms in total. The van der Waals surface area contributed by atoms with Crippen molar-refractivity contribution in [2.24, 2.45) is 5.10 Å². The Hall–Kier alpha value is -3.56. The second kappa shape index (κ2) is 9.00. The van der Waals surface area contributed by atoms with Crippen LogP contribution in [-0.2, 0) is 6.54 Å². The Labute approximate surface area is 197 Å². The molecule has 1 saturated heterocycles. The van der Waals surface area contributed by atoms with Gasteiger partial charge in [0.05, 0.1) is 5.56 Å². The zero-order valence-corrected chi connectivity index (χ0v) is 19.2. The molecule has 3 aromatic rings. The second-order valence-corrected chi connectivity index (χ2v) is 8.76. The van der Waals surface area contributed by atoms with Crippen molar-refractivity contribution in [2.75, 3.05) is 24.3 Å². The Morgan fingerprint density at radius 2 is 1.91 bits per heavy atom. The van der Waals surface area contributed by atoms with Crippen LogP contribution in [0.2, 0.25) is 0 Å². The molecule has 0 spiro atoms. The summed E-state index contributed by atoms with van der Waals surface area (Å²) in [5, 5.41) is 7.17. The minimum absolute atomic E-state index is 0.0107. The Morgan fingerprint density at radius 3 is 2.65 bits per heavy atom. The van der Waals surface area contributed by atoms with Crippen molar-refractivity contribution in [3.63, 3.8) is 0 Å². The van der Waals surface area contributed by atoms with Crippen LogP contribution in [0.3, 0.4) is 0 Å². The Bertz CT molecular complexity index is 1230. The lowest BCUT2D eigenvalue weighted by molar-refractivity contribution is 0.260. The molecule has 0 unspecified atom stereocenters. The number of rotatable bonds is 5. The fraction of sp³-hybridized carbons (Fsp3) is 0.280. The maximum atomic E-state index is 14.6. The van der Waals surface area contributed by atoms with Gasteiger partial charge in [-0.25, -0.2) is 24.3 Å². The number of aromatic nitrogens is 1. The summed E-state index contributed by atoms with van der Waals surface area (Å²) in [7, 11) is 1.65. The summed E-state index contributed by atoms with van der Waals surface area (Å²) in [5.41, 5.74) is 12.6. The third-order valence-electron chi connectivity index (χ3n) is 6.48. The highest BCUT2D eigenvalue weighted by atomic mass is 19.2. The Morgan fingerprint density at radius 1 is 1.12 bits per heavy atom. The van der Waals surface area contributed by atoms with Crippen molar-refractivity contribution in [3.05, 3.63) is 77.5 Å². The fourth-order valence-electron chi connectivity index (χ4n) is 4.54. The number of hydrogen-bond donors (Lipinski definition) is 2. The molecule has 1 aromatic heterocycles. The SMILES string of the molecule is C[C@@H]1CCCN1Cc1ccc(-c2cnc(N)c(C3=NNN(C)N3c3cccc(F)c3F)c2)cc1. The molecule has 9 heteroatoms. The molecule has 2 aliphatic heterocycles. The number of nitrogens with two attached hydrogens (primary N) is 1. The lowest BCUT2D eigenvalue weighted by atomic mass is 10.0. The smallest absolute Gasteiger partial charge is 0.184 e. The summed E-state index contributed by atoms with van der Waals surface area (Å²) in [4.78, 5) is 6.86. The fourth-order valence-corrected chi connectivity index (χ4v) is 4.54. The van der Waals surface area contributed by atoms with Gasteiger partial charge < -0.3 is 5.73 Å². The number of benzene rings is 2. The predicted octanol–water partition coefficient (Wildman–Crippen LogP) is 4.13. The van der Waals surface area contributed by atoms with E-state index in [9.17, 15) is 8.78 Å². The number of nitrogens with one attached hydrogen (secondary N) is 1. The van der Waals surface area contributed by atoms with Crippen molar-refractivity contribution in [2.45, 2.75) is 32.4 Å². The van der Waals surface area contributed by atoms with Gasteiger partial charge in [-0.2, -0.15) is 0 Å². The summed E-state index contributed by atoms with van der Waals surface area (Å²) in [6.07, 6.45) is 4.21. The highest BCUT2D eigenvalue weighted by Gasteiger charge is 2.30. The summed E-state index contributed by atoms with van der Waals surface area (Å²) in [6.45, 7) is 4.36. The molecule has 3 heterocycles. The van der Waals surface area contributed by atoms with Crippen LogP contribution in [0.15, 0.2) is 59.8 Å². The summed E-state index contributed by atoms with van der Waals surface area (Å²) >= 11 is 0. The molecule has 1 atom stereocenters. The molecule has 3 N–H and O–H groups in total. The summed E-state index contributed by atoms with van der Waals surface area (Å²) in [5.74, 6) is -1.36. The van der Waals surface area contributed by atoms with Crippen LogP contribution in [0.25, 0.3) is 11.1 Å². The van der Waals surface area contributed by atoms with Crippen LogP contribution in [-0.4, -0.2) is 40.5 Å². The number of hydrazone groups is 1. The van der Waals surface area contributed by atoms with Crippen molar-refractivity contribution in [1.29, 1.82) is 0 Å². The van der Waals surface area contributed by atoms with Crippen LogP contribution in [0.1, 0.15) is 30.9 Å². The van der Waals surface area contributed by atoms with Gasteiger partial charge in [0.15, 0.2) is 17.5 Å². The molecule has 5 rings (SSSR count). The molecular formula is C25H27F2N7. The van der Waals surface area contributed by atoms with E-state index in [4.69, 9.17) is 5.73 Å². The zero-order chi connectivity index (χ0) is 23.8. The Balaban J connectivity index is 1.44. The van der Waals surface area contributed by atoms with E-state index in [2.05, 4.69) is 51.7 Å². The Kier molecular flexibility index (Phi) is 5.89. The minimum atomic E-state index is -0.976. The van der Waals surface area contributed by atoms with Gasteiger partial charge in [0, 0.05) is 31.4 Å². The zero-order valence-electron chi connectivity index (χ0n) is 19.2. The molecule has 1 fully saturated rings. The number of halogens is 2. The number of nitrogens with zero attached hydrogens (tertiary/aromatic N) is 5. The van der Waals surface area contributed by atoms with E-state index >= 15 is 0 Å². The van der Waals surface area contributed by atoms with Crippen LogP contribution in [0.4, 0.5) is 20.3 Å². The first-order chi connectivity index (χ1) is 16.4. The number of pyridine rings is 1. The molecule has 2 aromatic carbocycles. The molecule has 176 valence electrons. The first kappa shape index (κ1) is 22.2. The maximum absolute atomic E-state index is 14.6. The van der Waals surface area contributed by atoms with Gasteiger partial charge in [-0.3, -0.25) is 4.90 Å². The monoisotopic (exact) mass is 463 g/mol. The van der Waals surface area contributed by atoms with E-state index in [1.807, 2.05) is 6.07 Å². The average Bonchev–Trinajstić information content (AvgIpc) is 3.42. The number of hydrogen-bond acceptors (Lipinski definition) is 7. The number of amidine groups is 1. The highest BCUT2D eigenvalue weighted by Crippen LogP contribution is 2.30. The molecule has 0 amide bonds. The molecule has 0 saturated carbocycles. The van der Waals surface area contributed by atoms with Crippen LogP contribution < -0.4 is 16.3 Å². The molecule has 0 aliphatic carbocycles. The normalized spacial score (nSPS) is 18.9. The summed E-state index contributed by atoms with van der Waals surface area (Å²) < 4.78 is 28.5. The molecule has 2 aliphatic rings. The van der Waals surface area contributed by atoms with Crippen molar-refractivity contribution < 1.29 is 8.78 Å². The molecule has 0 bridgehead atoms. The van der Waals surface area contributed by atoms with E-state index in [0.717, 1.165) is 30.3 Å². The highest BCUT2D eigenvalue weighted by molar-refractivity contribution is 6.13. The van der Waals surface area contributed by atoms with Gasteiger partial charge in [0.1, 0.15) is 11.5 Å². The van der Waals surface area contributed by atoms with Gasteiger partial charge >= 0.3 is 0 Å². The number of anilines is 2. The van der Waals surface area contributed by atoms with Gasteiger partial charge in [0.2, 0.25) is 0 Å². The van der Waals surface area contributed by atoms with Gasteiger partial charge in [-0.15, -0.1) is 10.2 Å². The first-order valence-corrected chi connectivity index (χ1v) is 11.3. The van der Waals surface area contributed by atoms with Crippen LogP contribution in [0.5, 0.6) is 0 Å². The molecule has 34 heavy (non-hydrogen) atoms. The van der Waals surface area contributed by atoms with Crippen LogP contribution >= 0.6 is 0 Å². The van der Waals surface area contributed by atoms with Crippen molar-refractivity contribution in [1.82, 2.24) is 20.5 Å². The third-order valence-corrected chi connectivity index (χ3v) is 6.48. The van der Waals surface area contributed by atoms with Crippen molar-refractivity contribution in [3.8, 4) is 11.1 Å². The van der Waals surface area contributed by atoms with E-state index in [1.54, 1.807) is 13.2 Å². The third kappa shape index (κ3) is 4.08. The van der Waals surface area contributed by atoms with Gasteiger partial charge in [0.25, 0.3) is 0 Å². The van der Waals surface area contributed by atoms with Gasteiger partial charge in [-0.1, -0.05) is 30.3 Å². The van der Waals surface area contributed by atoms with E-state index in [0.29, 0.717) is 17.4 Å². The quantitative estimate of drug-likeness (QED) is 0.593. The number of hydrazine groups is 2. The second-order valence-electron chi connectivity index (χ2n) is 8.76. The predicted molar refractivity (Wildman–Crippen MR) is 129 cm³/mol. The lowest BCUT2D eigenvalue weighted by Gasteiger charge is -2.26. The minimum Gasteiger partial charge on any atom is -0.383 e. The van der Waals surface area contributed by atoms with Crippen molar-refractivity contribution >= 4 is 17.3 Å². The molecular weight excluding hydrogens is 436 g/mol. The lowest BCUT2D eigenvalue weighted by Crippen LogP contribution is -2.44. The number of likely N-dealkylation sites (tertiary alicyclic amines) is 1. The van der Waals surface area contributed by atoms with Gasteiger partial charge in [-0.05, 0) is 55.6 Å². The topological polar surface area (TPSA) is 73.0 Å². The van der Waals surface area contributed by atoms with E-state index in [-0.39, 0.29) is 11.5 Å². The average molecular weight is 464 g/mol. The number of nitrogen functional groups attached to an aromatic ring is 1. The largest absolute Gasteiger partial charge is 0.383 e. The summed E-state index contributed by atoms with van der Waals surface area (Å²) in [6, 6.07) is 14.9. The van der Waals surface area contributed by atoms with E-state index < -0.39 is 11.6 Å². The van der Waals surface area contributed by atoms with E-state index in [1.165, 1.54) is 40.7 Å². The van der Waals surface area contributed by atoms with Crippen LogP contribution in [0, 0.1) is 11.6 Å². The maximum Gasteiger partial charge on any atom is 0.184 e. The molecule has 0 radical (unpaired) electrons. The first-order valence-electron chi connectivity index (χ1n) is 11.3. The standard InChI is InChI=1S/C25H27F2N7/c1-16-5-4-12-33(16)15-17-8-10-18(11-9-17)19-13-20(24(28)29-14-19)25-30-31-32(2)34(25)22-7-3-6-21(26)23(22)27/h3,6-11,13-14,16,31H,4-5,12,15H2,1-2H3,(H2,28,29)/t16-/m1/s1.